The number of carbonyl (C=O) groups is 1. The Labute approximate surface area is 175 Å². The SMILES string of the molecule is COc1ccc(CN2C(=O)/C(=C/c3cc(OC)c(O)c([N+](=O)[O-])c3)SC2=S)cc1. The van der Waals surface area contributed by atoms with Crippen molar-refractivity contribution >= 4 is 46.0 Å². The number of rotatable bonds is 6. The zero-order valence-electron chi connectivity index (χ0n) is 15.4. The van der Waals surface area contributed by atoms with Crippen LogP contribution in [0.25, 0.3) is 6.08 Å². The summed E-state index contributed by atoms with van der Waals surface area (Å²) in [5.74, 6) is -0.215. The van der Waals surface area contributed by atoms with E-state index in [0.29, 0.717) is 27.1 Å². The maximum Gasteiger partial charge on any atom is 0.315 e. The molecule has 1 amide bonds. The summed E-state index contributed by atoms with van der Waals surface area (Å²) in [6.07, 6.45) is 1.49. The van der Waals surface area contributed by atoms with Gasteiger partial charge in [-0.1, -0.05) is 36.1 Å². The molecule has 1 saturated heterocycles. The minimum Gasteiger partial charge on any atom is -0.500 e. The Kier molecular flexibility index (Phi) is 6.04. The summed E-state index contributed by atoms with van der Waals surface area (Å²) in [5.41, 5.74) is 0.714. The zero-order valence-corrected chi connectivity index (χ0v) is 17.1. The predicted molar refractivity (Wildman–Crippen MR) is 113 cm³/mol. The van der Waals surface area contributed by atoms with Gasteiger partial charge in [0.1, 0.15) is 10.1 Å². The molecule has 0 radical (unpaired) electrons. The fourth-order valence-corrected chi connectivity index (χ4v) is 3.95. The molecule has 0 aliphatic carbocycles. The normalized spacial score (nSPS) is 15.1. The van der Waals surface area contributed by atoms with E-state index in [1.54, 1.807) is 19.2 Å². The molecule has 150 valence electrons. The lowest BCUT2D eigenvalue weighted by Gasteiger charge is -2.14. The van der Waals surface area contributed by atoms with Crippen LogP contribution in [-0.4, -0.2) is 39.4 Å². The van der Waals surface area contributed by atoms with Gasteiger partial charge in [-0.25, -0.2) is 0 Å². The number of hydrogen-bond donors (Lipinski definition) is 1. The van der Waals surface area contributed by atoms with E-state index in [1.165, 1.54) is 30.2 Å². The first-order chi connectivity index (χ1) is 13.8. The van der Waals surface area contributed by atoms with Crippen molar-refractivity contribution in [3.05, 3.63) is 62.5 Å². The third kappa shape index (κ3) is 4.33. The molecule has 2 aromatic carbocycles. The number of thioether (sulfide) groups is 1. The van der Waals surface area contributed by atoms with Gasteiger partial charge in [-0.05, 0) is 35.4 Å². The van der Waals surface area contributed by atoms with Crippen LogP contribution in [0.15, 0.2) is 41.3 Å². The van der Waals surface area contributed by atoms with Crippen molar-refractivity contribution < 1.29 is 24.3 Å². The summed E-state index contributed by atoms with van der Waals surface area (Å²) in [7, 11) is 2.86. The van der Waals surface area contributed by atoms with Crippen molar-refractivity contribution in [1.29, 1.82) is 0 Å². The second kappa shape index (κ2) is 8.50. The first kappa shape index (κ1) is 20.6. The van der Waals surface area contributed by atoms with Crippen LogP contribution in [0.4, 0.5) is 5.69 Å². The summed E-state index contributed by atoms with van der Waals surface area (Å²) >= 11 is 6.43. The lowest BCUT2D eigenvalue weighted by Crippen LogP contribution is -2.27. The van der Waals surface area contributed by atoms with E-state index in [4.69, 9.17) is 21.7 Å². The highest BCUT2D eigenvalue weighted by atomic mass is 32.2. The van der Waals surface area contributed by atoms with Gasteiger partial charge >= 0.3 is 5.69 Å². The lowest BCUT2D eigenvalue weighted by molar-refractivity contribution is -0.386. The number of nitro benzene ring substituents is 1. The number of hydrogen-bond acceptors (Lipinski definition) is 8. The Morgan fingerprint density at radius 3 is 2.52 bits per heavy atom. The van der Waals surface area contributed by atoms with Crippen LogP contribution < -0.4 is 9.47 Å². The van der Waals surface area contributed by atoms with Crippen molar-refractivity contribution in [2.24, 2.45) is 0 Å². The van der Waals surface area contributed by atoms with Crippen LogP contribution in [-0.2, 0) is 11.3 Å². The number of thiocarbonyl (C=S) groups is 1. The van der Waals surface area contributed by atoms with Gasteiger partial charge in [-0.15, -0.1) is 0 Å². The van der Waals surface area contributed by atoms with E-state index >= 15 is 0 Å². The number of benzene rings is 2. The molecular weight excluding hydrogens is 416 g/mol. The fourth-order valence-electron chi connectivity index (χ4n) is 2.69. The van der Waals surface area contributed by atoms with Crippen LogP contribution in [0.3, 0.4) is 0 Å². The maximum absolute atomic E-state index is 12.8. The van der Waals surface area contributed by atoms with Crippen LogP contribution >= 0.6 is 24.0 Å². The maximum atomic E-state index is 12.8. The second-order valence-electron chi connectivity index (χ2n) is 5.96. The highest BCUT2D eigenvalue weighted by Crippen LogP contribution is 2.39. The van der Waals surface area contributed by atoms with Crippen molar-refractivity contribution in [3.63, 3.8) is 0 Å². The topological polar surface area (TPSA) is 102 Å². The minimum atomic E-state index is -0.718. The number of phenolic OH excluding ortho intramolecular Hbond substituents is 1. The second-order valence-corrected chi connectivity index (χ2v) is 7.64. The molecule has 2 aromatic rings. The predicted octanol–water partition coefficient (Wildman–Crippen LogP) is 3.72. The Bertz CT molecular complexity index is 1020. The number of aromatic hydroxyl groups is 1. The first-order valence-corrected chi connectivity index (χ1v) is 9.50. The molecule has 10 heteroatoms. The van der Waals surface area contributed by atoms with Crippen LogP contribution in [0.2, 0.25) is 0 Å². The zero-order chi connectivity index (χ0) is 21.1. The summed E-state index contributed by atoms with van der Waals surface area (Å²) in [5, 5.41) is 21.0. The summed E-state index contributed by atoms with van der Waals surface area (Å²) < 4.78 is 10.5. The van der Waals surface area contributed by atoms with E-state index in [2.05, 4.69) is 0 Å². The van der Waals surface area contributed by atoms with Gasteiger partial charge in [0.15, 0.2) is 5.75 Å². The molecule has 0 unspecified atom stereocenters. The molecule has 0 aromatic heterocycles. The van der Waals surface area contributed by atoms with Crippen molar-refractivity contribution in [3.8, 4) is 17.2 Å². The highest BCUT2D eigenvalue weighted by Gasteiger charge is 2.32. The number of ether oxygens (including phenoxy) is 2. The molecule has 29 heavy (non-hydrogen) atoms. The van der Waals surface area contributed by atoms with Crippen molar-refractivity contribution in [1.82, 2.24) is 4.90 Å². The van der Waals surface area contributed by atoms with E-state index in [0.717, 1.165) is 17.3 Å². The largest absolute Gasteiger partial charge is 0.500 e. The van der Waals surface area contributed by atoms with Crippen LogP contribution in [0.5, 0.6) is 17.2 Å². The molecule has 1 fully saturated rings. The van der Waals surface area contributed by atoms with Gasteiger partial charge in [0, 0.05) is 6.07 Å². The molecule has 8 nitrogen and oxygen atoms in total. The lowest BCUT2D eigenvalue weighted by atomic mass is 10.1. The number of methoxy groups -OCH3 is 2. The van der Waals surface area contributed by atoms with Gasteiger partial charge in [0.25, 0.3) is 5.91 Å². The fraction of sp³-hybridized carbons (Fsp3) is 0.158. The molecule has 0 saturated carbocycles. The third-order valence-corrected chi connectivity index (χ3v) is 5.54. The summed E-state index contributed by atoms with van der Waals surface area (Å²) in [6.45, 7) is 0.297. The Morgan fingerprint density at radius 1 is 1.24 bits per heavy atom. The third-order valence-electron chi connectivity index (χ3n) is 4.16. The molecule has 0 atom stereocenters. The van der Waals surface area contributed by atoms with E-state index < -0.39 is 16.4 Å². The van der Waals surface area contributed by atoms with E-state index in [-0.39, 0.29) is 11.7 Å². The number of amides is 1. The molecular formula is C19H16N2O6S2. The van der Waals surface area contributed by atoms with Gasteiger partial charge in [-0.3, -0.25) is 19.8 Å². The molecule has 0 bridgehead atoms. The Balaban J connectivity index is 1.87. The Hall–Kier alpha value is -3.11. The van der Waals surface area contributed by atoms with Gasteiger partial charge in [0.2, 0.25) is 5.75 Å². The average Bonchev–Trinajstić information content (AvgIpc) is 2.96. The van der Waals surface area contributed by atoms with E-state index in [1.807, 2.05) is 12.1 Å². The molecule has 1 N–H and O–H groups in total. The number of phenols is 1. The first-order valence-electron chi connectivity index (χ1n) is 8.27. The quantitative estimate of drug-likeness (QED) is 0.319. The van der Waals surface area contributed by atoms with Gasteiger partial charge < -0.3 is 14.6 Å². The minimum absolute atomic E-state index is 0.0563. The molecule has 1 aliphatic heterocycles. The molecule has 3 rings (SSSR count). The highest BCUT2D eigenvalue weighted by molar-refractivity contribution is 8.26. The summed E-state index contributed by atoms with van der Waals surface area (Å²) in [6, 6.07) is 9.87. The van der Waals surface area contributed by atoms with Gasteiger partial charge in [0.05, 0.1) is 30.6 Å². The average molecular weight is 432 g/mol. The van der Waals surface area contributed by atoms with Crippen molar-refractivity contribution in [2.45, 2.75) is 6.54 Å². The van der Waals surface area contributed by atoms with E-state index in [9.17, 15) is 20.0 Å². The number of nitro groups is 1. The monoisotopic (exact) mass is 432 g/mol. The number of carbonyl (C=O) groups excluding carboxylic acids is 1. The molecule has 1 heterocycles. The number of nitrogens with zero attached hydrogens (tertiary/aromatic N) is 2. The van der Waals surface area contributed by atoms with Crippen LogP contribution in [0, 0.1) is 10.1 Å². The van der Waals surface area contributed by atoms with Crippen LogP contribution in [0.1, 0.15) is 11.1 Å². The summed E-state index contributed by atoms with van der Waals surface area (Å²) in [4.78, 5) is 25.0. The van der Waals surface area contributed by atoms with Gasteiger partial charge in [-0.2, -0.15) is 0 Å². The molecule has 1 aliphatic rings. The smallest absolute Gasteiger partial charge is 0.315 e. The Morgan fingerprint density at radius 2 is 1.93 bits per heavy atom. The van der Waals surface area contributed by atoms with Crippen molar-refractivity contribution in [2.75, 3.05) is 14.2 Å². The standard InChI is InChI=1S/C19H16N2O6S2/c1-26-13-5-3-11(4-6-13)10-20-18(23)16(29-19(20)28)9-12-7-14(21(24)25)17(22)15(8-12)27-2/h3-9,22H,10H2,1-2H3/b16-9-. The molecule has 0 spiro atoms.